The number of carbonyl (C=O) groups is 1. The van der Waals surface area contributed by atoms with Crippen molar-refractivity contribution < 1.29 is 15.0 Å². The first-order chi connectivity index (χ1) is 12.0. The van der Waals surface area contributed by atoms with Crippen molar-refractivity contribution in [1.29, 1.82) is 0 Å². The molecule has 1 aromatic heterocycles. The molecule has 2 aromatic carbocycles. The highest BCUT2D eigenvalue weighted by Gasteiger charge is 2.32. The molecule has 126 valence electrons. The van der Waals surface area contributed by atoms with E-state index in [9.17, 15) is 19.8 Å². The van der Waals surface area contributed by atoms with Gasteiger partial charge in [0.05, 0.1) is 30.5 Å². The number of hydrogen-bond donors (Lipinski definition) is 2. The maximum atomic E-state index is 13.0. The number of nitrogens with zero attached hydrogens (tertiary/aromatic N) is 1. The van der Waals surface area contributed by atoms with Crippen LogP contribution in [-0.4, -0.2) is 33.3 Å². The molecular formula is C19H14BrNO4. The monoisotopic (exact) mass is 399 g/mol. The van der Waals surface area contributed by atoms with E-state index in [0.717, 1.165) is 4.47 Å². The third-order valence-corrected chi connectivity index (χ3v) is 4.98. The summed E-state index contributed by atoms with van der Waals surface area (Å²) in [5.74, 6) is -0.134. The molecule has 0 radical (unpaired) electrons. The minimum absolute atomic E-state index is 0.0816. The highest BCUT2D eigenvalue weighted by atomic mass is 79.9. The zero-order valence-electron chi connectivity index (χ0n) is 13.1. The zero-order chi connectivity index (χ0) is 17.7. The molecule has 1 aliphatic carbocycles. The number of hydrogen-bond acceptors (Lipinski definition) is 4. The summed E-state index contributed by atoms with van der Waals surface area (Å²) in [7, 11) is 0. The fourth-order valence-electron chi connectivity index (χ4n) is 3.40. The molecule has 0 bridgehead atoms. The highest BCUT2D eigenvalue weighted by molar-refractivity contribution is 9.10. The Labute approximate surface area is 151 Å². The van der Waals surface area contributed by atoms with Gasteiger partial charge in [0.25, 0.3) is 5.56 Å². The molecule has 25 heavy (non-hydrogen) atoms. The molecule has 1 heterocycles. The van der Waals surface area contributed by atoms with Gasteiger partial charge in [-0.2, -0.15) is 0 Å². The first kappa shape index (κ1) is 16.2. The molecule has 0 saturated carbocycles. The molecule has 0 unspecified atom stereocenters. The zero-order valence-corrected chi connectivity index (χ0v) is 14.7. The van der Waals surface area contributed by atoms with E-state index in [-0.39, 0.29) is 17.9 Å². The van der Waals surface area contributed by atoms with Gasteiger partial charge < -0.3 is 14.8 Å². The highest BCUT2D eigenvalue weighted by Crippen LogP contribution is 2.39. The first-order valence-corrected chi connectivity index (χ1v) is 8.61. The topological polar surface area (TPSA) is 79.5 Å². The van der Waals surface area contributed by atoms with E-state index in [1.54, 1.807) is 36.4 Å². The van der Waals surface area contributed by atoms with Gasteiger partial charge in [0.15, 0.2) is 5.78 Å². The van der Waals surface area contributed by atoms with Crippen LogP contribution in [0.15, 0.2) is 51.7 Å². The van der Waals surface area contributed by atoms with Gasteiger partial charge >= 0.3 is 0 Å². The largest absolute Gasteiger partial charge is 0.394 e. The van der Waals surface area contributed by atoms with Gasteiger partial charge in [0.2, 0.25) is 0 Å². The van der Waals surface area contributed by atoms with E-state index in [1.165, 1.54) is 4.57 Å². The maximum Gasteiger partial charge on any atom is 0.259 e. The molecule has 1 atom stereocenters. The number of aliphatic hydroxyl groups is 2. The Hall–Kier alpha value is -2.28. The van der Waals surface area contributed by atoms with Crippen molar-refractivity contribution in [2.75, 3.05) is 6.61 Å². The Morgan fingerprint density at radius 2 is 1.76 bits per heavy atom. The number of aromatic nitrogens is 1. The Bertz CT molecular complexity index is 1090. The lowest BCUT2D eigenvalue weighted by Crippen LogP contribution is -2.30. The summed E-state index contributed by atoms with van der Waals surface area (Å²) in [4.78, 5) is 26.0. The van der Waals surface area contributed by atoms with Crippen LogP contribution in [0.25, 0.3) is 22.0 Å². The van der Waals surface area contributed by atoms with Crippen molar-refractivity contribution in [3.8, 4) is 11.3 Å². The summed E-state index contributed by atoms with van der Waals surface area (Å²) in [6.45, 7) is -0.547. The van der Waals surface area contributed by atoms with Gasteiger partial charge in [-0.25, -0.2) is 0 Å². The molecule has 4 rings (SSSR count). The van der Waals surface area contributed by atoms with Crippen molar-refractivity contribution in [1.82, 2.24) is 4.57 Å². The number of halogens is 1. The summed E-state index contributed by atoms with van der Waals surface area (Å²) < 4.78 is 2.13. The fraction of sp³-hybridized carbons (Fsp3) is 0.158. The molecule has 0 aliphatic heterocycles. The summed E-state index contributed by atoms with van der Waals surface area (Å²) in [5, 5.41) is 20.1. The number of rotatable bonds is 3. The quantitative estimate of drug-likeness (QED) is 0.553. The van der Waals surface area contributed by atoms with Gasteiger partial charge in [0, 0.05) is 26.4 Å². The molecule has 0 spiro atoms. The molecule has 6 heteroatoms. The predicted molar refractivity (Wildman–Crippen MR) is 97.9 cm³/mol. The van der Waals surface area contributed by atoms with Crippen molar-refractivity contribution in [3.63, 3.8) is 0 Å². The standard InChI is InChI=1S/C19H14BrNO4/c20-10-5-6-12-15(7-10)19(25)21(8-11(23)9-22)17-13-3-1-2-4-14(13)18(24)16(12)17/h1-7,11,22-23H,8-9H2/t11-/m0/s1. The lowest BCUT2D eigenvalue weighted by molar-refractivity contribution is 0.0808. The number of aliphatic hydroxyl groups excluding tert-OH is 2. The molecule has 0 amide bonds. The minimum atomic E-state index is -1.09. The Morgan fingerprint density at radius 1 is 1.04 bits per heavy atom. The van der Waals surface area contributed by atoms with Crippen molar-refractivity contribution in [2.24, 2.45) is 0 Å². The number of fused-ring (bicyclic) bond motifs is 5. The molecule has 2 N–H and O–H groups in total. The molecule has 1 aliphatic rings. The molecule has 3 aromatic rings. The van der Waals surface area contributed by atoms with Crippen LogP contribution >= 0.6 is 15.9 Å². The van der Waals surface area contributed by atoms with Crippen molar-refractivity contribution in [2.45, 2.75) is 12.6 Å². The van der Waals surface area contributed by atoms with Crippen LogP contribution in [0.2, 0.25) is 0 Å². The van der Waals surface area contributed by atoms with Gasteiger partial charge in [-0.15, -0.1) is 0 Å². The normalized spacial score (nSPS) is 13.8. The number of carbonyl (C=O) groups excluding carboxylic acids is 1. The third kappa shape index (κ3) is 2.37. The van der Waals surface area contributed by atoms with E-state index < -0.39 is 12.7 Å². The first-order valence-electron chi connectivity index (χ1n) is 7.82. The van der Waals surface area contributed by atoms with Crippen LogP contribution in [0.3, 0.4) is 0 Å². The number of pyridine rings is 1. The van der Waals surface area contributed by atoms with E-state index in [2.05, 4.69) is 15.9 Å². The maximum absolute atomic E-state index is 13.0. The summed E-state index contributed by atoms with van der Waals surface area (Å²) in [6, 6.07) is 12.4. The fourth-order valence-corrected chi connectivity index (χ4v) is 3.76. The Kier molecular flexibility index (Phi) is 3.83. The van der Waals surface area contributed by atoms with Gasteiger partial charge in [-0.05, 0) is 12.1 Å². The summed E-state index contributed by atoms with van der Waals surface area (Å²) in [5.41, 5.74) is 1.89. The summed E-state index contributed by atoms with van der Waals surface area (Å²) >= 11 is 3.36. The minimum Gasteiger partial charge on any atom is -0.394 e. The van der Waals surface area contributed by atoms with Crippen molar-refractivity contribution in [3.05, 3.63) is 68.4 Å². The molecule has 0 fully saturated rings. The average molecular weight is 400 g/mol. The molecule has 0 saturated heterocycles. The van der Waals surface area contributed by atoms with Crippen LogP contribution in [0.4, 0.5) is 0 Å². The Morgan fingerprint density at radius 3 is 2.48 bits per heavy atom. The van der Waals surface area contributed by atoms with Crippen LogP contribution in [0.5, 0.6) is 0 Å². The summed E-state index contributed by atoms with van der Waals surface area (Å²) in [6.07, 6.45) is -1.09. The van der Waals surface area contributed by atoms with Crippen LogP contribution in [0.1, 0.15) is 15.9 Å². The predicted octanol–water partition coefficient (Wildman–Crippen LogP) is 2.33. The second-order valence-electron chi connectivity index (χ2n) is 6.04. The van der Waals surface area contributed by atoms with Gasteiger partial charge in [0.1, 0.15) is 0 Å². The van der Waals surface area contributed by atoms with Crippen molar-refractivity contribution >= 4 is 32.5 Å². The molecule has 5 nitrogen and oxygen atoms in total. The molecular weight excluding hydrogens is 386 g/mol. The van der Waals surface area contributed by atoms with E-state index in [4.69, 9.17) is 0 Å². The van der Waals surface area contributed by atoms with E-state index in [0.29, 0.717) is 33.2 Å². The second-order valence-corrected chi connectivity index (χ2v) is 6.96. The number of benzene rings is 2. The van der Waals surface area contributed by atoms with E-state index in [1.807, 2.05) is 6.07 Å². The lowest BCUT2D eigenvalue weighted by Gasteiger charge is -2.17. The smallest absolute Gasteiger partial charge is 0.259 e. The second kappa shape index (κ2) is 5.91. The SMILES string of the molecule is O=C1c2ccccc2-c2c1c1ccc(Br)cc1c(=O)n2C[C@H](O)CO. The van der Waals surface area contributed by atoms with Crippen LogP contribution in [-0.2, 0) is 6.54 Å². The lowest BCUT2D eigenvalue weighted by atomic mass is 10.0. The number of ketones is 1. The third-order valence-electron chi connectivity index (χ3n) is 4.49. The van der Waals surface area contributed by atoms with Gasteiger partial charge in [-0.3, -0.25) is 9.59 Å². The average Bonchev–Trinajstić information content (AvgIpc) is 2.92. The van der Waals surface area contributed by atoms with Crippen LogP contribution in [0, 0.1) is 0 Å². The van der Waals surface area contributed by atoms with Gasteiger partial charge in [-0.1, -0.05) is 46.3 Å². The Balaban J connectivity index is 2.16. The van der Waals surface area contributed by atoms with Crippen LogP contribution < -0.4 is 5.56 Å². The van der Waals surface area contributed by atoms with E-state index >= 15 is 0 Å².